The lowest BCUT2D eigenvalue weighted by Crippen LogP contribution is -2.33. The molecule has 0 radical (unpaired) electrons. The van der Waals surface area contributed by atoms with E-state index < -0.39 is 0 Å². The zero-order valence-electron chi connectivity index (χ0n) is 12.1. The summed E-state index contributed by atoms with van der Waals surface area (Å²) in [5.41, 5.74) is 1.27. The molecule has 0 bridgehead atoms. The van der Waals surface area contributed by atoms with E-state index in [4.69, 9.17) is 0 Å². The summed E-state index contributed by atoms with van der Waals surface area (Å²) in [6.45, 7) is 5.94. The second-order valence-electron chi connectivity index (χ2n) is 5.16. The first-order valence-corrected chi connectivity index (χ1v) is 6.96. The molecule has 1 heterocycles. The summed E-state index contributed by atoms with van der Waals surface area (Å²) in [5, 5.41) is 0. The fourth-order valence-electron chi connectivity index (χ4n) is 2.11. The molecule has 0 atom stereocenters. The van der Waals surface area contributed by atoms with Crippen molar-refractivity contribution in [2.75, 3.05) is 6.54 Å². The largest absolute Gasteiger partial charge is 0.296 e. The van der Waals surface area contributed by atoms with Crippen LogP contribution in [0, 0.1) is 0 Å². The molecule has 0 aliphatic carbocycles. The summed E-state index contributed by atoms with van der Waals surface area (Å²) >= 11 is 0. The normalized spacial score (nSPS) is 11.2. The number of rotatable bonds is 6. The van der Waals surface area contributed by atoms with Crippen molar-refractivity contribution in [3.8, 4) is 0 Å². The van der Waals surface area contributed by atoms with Crippen LogP contribution in [-0.2, 0) is 6.54 Å². The van der Waals surface area contributed by atoms with Gasteiger partial charge in [-0.1, -0.05) is 30.3 Å². The quantitative estimate of drug-likeness (QED) is 0.811. The number of imidazole rings is 1. The third kappa shape index (κ3) is 4.03. The van der Waals surface area contributed by atoms with Crippen LogP contribution in [0.2, 0.25) is 0 Å². The second-order valence-corrected chi connectivity index (χ2v) is 5.16. The van der Waals surface area contributed by atoms with Gasteiger partial charge in [0.15, 0.2) is 0 Å². The third-order valence-electron chi connectivity index (χ3n) is 3.36. The number of nitrogens with zero attached hydrogens (tertiary/aromatic N) is 3. The maximum atomic E-state index is 12.0. The highest BCUT2D eigenvalue weighted by Gasteiger charge is 2.13. The number of hydrogen-bond donors (Lipinski definition) is 0. The Morgan fingerprint density at radius 1 is 1.30 bits per heavy atom. The molecule has 0 N–H and O–H groups in total. The van der Waals surface area contributed by atoms with Gasteiger partial charge in [-0.15, -0.1) is 0 Å². The number of hydrogen-bond acceptors (Lipinski definition) is 3. The molecular weight excluding hydrogens is 250 g/mol. The summed E-state index contributed by atoms with van der Waals surface area (Å²) < 4.78 is 1.54. The van der Waals surface area contributed by atoms with E-state index in [1.807, 2.05) is 18.2 Å². The van der Waals surface area contributed by atoms with E-state index in [0.717, 1.165) is 13.1 Å². The molecule has 20 heavy (non-hydrogen) atoms. The summed E-state index contributed by atoms with van der Waals surface area (Å²) in [6, 6.07) is 10.8. The van der Waals surface area contributed by atoms with E-state index in [9.17, 15) is 4.79 Å². The fourth-order valence-corrected chi connectivity index (χ4v) is 2.11. The van der Waals surface area contributed by atoms with Crippen LogP contribution in [0.5, 0.6) is 0 Å². The van der Waals surface area contributed by atoms with Crippen LogP contribution in [0.25, 0.3) is 0 Å². The molecule has 0 aliphatic rings. The average Bonchev–Trinajstić information content (AvgIpc) is 2.98. The predicted molar refractivity (Wildman–Crippen MR) is 79.5 cm³/mol. The van der Waals surface area contributed by atoms with Crippen molar-refractivity contribution in [1.29, 1.82) is 0 Å². The van der Waals surface area contributed by atoms with Gasteiger partial charge in [0.1, 0.15) is 6.33 Å². The first kappa shape index (κ1) is 14.5. The van der Waals surface area contributed by atoms with Gasteiger partial charge < -0.3 is 0 Å². The van der Waals surface area contributed by atoms with E-state index in [1.165, 1.54) is 5.56 Å². The lowest BCUT2D eigenvalue weighted by atomic mass is 10.2. The molecule has 0 saturated carbocycles. The zero-order valence-corrected chi connectivity index (χ0v) is 12.1. The number of benzene rings is 1. The maximum Gasteiger partial charge on any atom is 0.233 e. The standard InChI is InChI=1S/C16H21N3O/c1-14(2)18(12-15-6-4-3-5-7-15)10-8-16(20)19-11-9-17-13-19/h3-7,9,11,13-14H,8,10,12H2,1-2H3. The Morgan fingerprint density at radius 3 is 2.65 bits per heavy atom. The first-order valence-electron chi connectivity index (χ1n) is 6.96. The zero-order chi connectivity index (χ0) is 14.4. The lowest BCUT2D eigenvalue weighted by Gasteiger charge is -2.26. The smallest absolute Gasteiger partial charge is 0.233 e. The minimum absolute atomic E-state index is 0.0845. The molecular formula is C16H21N3O. The van der Waals surface area contributed by atoms with Crippen LogP contribution in [0.15, 0.2) is 49.1 Å². The molecule has 106 valence electrons. The van der Waals surface area contributed by atoms with Gasteiger partial charge in [-0.05, 0) is 19.4 Å². The van der Waals surface area contributed by atoms with Crippen LogP contribution in [-0.4, -0.2) is 32.9 Å². The highest BCUT2D eigenvalue weighted by Crippen LogP contribution is 2.09. The van der Waals surface area contributed by atoms with Gasteiger partial charge in [-0.2, -0.15) is 0 Å². The van der Waals surface area contributed by atoms with Crippen molar-refractivity contribution in [3.63, 3.8) is 0 Å². The van der Waals surface area contributed by atoms with Gasteiger partial charge in [-0.3, -0.25) is 14.3 Å². The Labute approximate surface area is 120 Å². The van der Waals surface area contributed by atoms with E-state index in [0.29, 0.717) is 12.5 Å². The summed E-state index contributed by atoms with van der Waals surface area (Å²) in [5.74, 6) is 0.0845. The Morgan fingerprint density at radius 2 is 2.05 bits per heavy atom. The van der Waals surface area contributed by atoms with Gasteiger partial charge >= 0.3 is 0 Å². The lowest BCUT2D eigenvalue weighted by molar-refractivity contribution is 0.0872. The van der Waals surface area contributed by atoms with Crippen LogP contribution in [0.1, 0.15) is 30.6 Å². The van der Waals surface area contributed by atoms with E-state index in [-0.39, 0.29) is 5.91 Å². The van der Waals surface area contributed by atoms with Gasteiger partial charge in [-0.25, -0.2) is 4.98 Å². The van der Waals surface area contributed by atoms with Crippen molar-refractivity contribution < 1.29 is 4.79 Å². The third-order valence-corrected chi connectivity index (χ3v) is 3.36. The Balaban J connectivity index is 1.91. The first-order chi connectivity index (χ1) is 9.66. The highest BCUT2D eigenvalue weighted by atomic mass is 16.2. The van der Waals surface area contributed by atoms with Crippen molar-refractivity contribution >= 4 is 5.91 Å². The monoisotopic (exact) mass is 271 g/mol. The molecule has 2 rings (SSSR count). The van der Waals surface area contributed by atoms with Crippen LogP contribution in [0.3, 0.4) is 0 Å². The average molecular weight is 271 g/mol. The van der Waals surface area contributed by atoms with Crippen LogP contribution in [0.4, 0.5) is 0 Å². The fraction of sp³-hybridized carbons (Fsp3) is 0.375. The molecule has 0 spiro atoms. The summed E-state index contributed by atoms with van der Waals surface area (Å²) in [7, 11) is 0. The molecule has 0 aliphatic heterocycles. The Hall–Kier alpha value is -1.94. The van der Waals surface area contributed by atoms with Crippen LogP contribution < -0.4 is 0 Å². The number of carbonyl (C=O) groups excluding carboxylic acids is 1. The van der Waals surface area contributed by atoms with Crippen molar-refractivity contribution in [2.45, 2.75) is 32.9 Å². The van der Waals surface area contributed by atoms with Gasteiger partial charge in [0, 0.05) is 37.9 Å². The summed E-state index contributed by atoms with van der Waals surface area (Å²) in [4.78, 5) is 18.2. The van der Waals surface area contributed by atoms with Crippen LogP contribution >= 0.6 is 0 Å². The molecule has 1 aromatic heterocycles. The molecule has 4 heteroatoms. The van der Waals surface area contributed by atoms with Gasteiger partial charge in [0.25, 0.3) is 0 Å². The minimum Gasteiger partial charge on any atom is -0.296 e. The maximum absolute atomic E-state index is 12.0. The van der Waals surface area contributed by atoms with E-state index >= 15 is 0 Å². The van der Waals surface area contributed by atoms with Gasteiger partial charge in [0.05, 0.1) is 0 Å². The Bertz CT molecular complexity index is 520. The second kappa shape index (κ2) is 7.01. The molecule has 0 saturated heterocycles. The molecule has 4 nitrogen and oxygen atoms in total. The number of aromatic nitrogens is 2. The number of carbonyl (C=O) groups is 1. The summed E-state index contributed by atoms with van der Waals surface area (Å²) in [6.07, 6.45) is 5.38. The molecule has 0 amide bonds. The molecule has 0 unspecified atom stereocenters. The molecule has 2 aromatic rings. The predicted octanol–water partition coefficient (Wildman–Crippen LogP) is 2.82. The minimum atomic E-state index is 0.0845. The van der Waals surface area contributed by atoms with E-state index in [1.54, 1.807) is 23.3 Å². The van der Waals surface area contributed by atoms with Crippen molar-refractivity contribution in [3.05, 3.63) is 54.6 Å². The van der Waals surface area contributed by atoms with Crippen molar-refractivity contribution in [1.82, 2.24) is 14.5 Å². The topological polar surface area (TPSA) is 38.1 Å². The molecule has 0 fully saturated rings. The van der Waals surface area contributed by atoms with Crippen molar-refractivity contribution in [2.24, 2.45) is 0 Å². The van der Waals surface area contributed by atoms with E-state index in [2.05, 4.69) is 35.9 Å². The van der Waals surface area contributed by atoms with Gasteiger partial charge in [0.2, 0.25) is 5.91 Å². The Kier molecular flexibility index (Phi) is 5.07. The molecule has 1 aromatic carbocycles. The highest BCUT2D eigenvalue weighted by molar-refractivity contribution is 5.78. The SMILES string of the molecule is CC(C)N(CCC(=O)n1ccnc1)Cc1ccccc1.